The van der Waals surface area contributed by atoms with Crippen LogP contribution in [0.15, 0.2) is 24.3 Å². The van der Waals surface area contributed by atoms with Crippen LogP contribution in [0.2, 0.25) is 0 Å². The number of likely N-dealkylation sites (N-methyl/N-ethyl adjacent to an activating group) is 1. The lowest BCUT2D eigenvalue weighted by molar-refractivity contribution is -0.144. The molecule has 1 aliphatic heterocycles. The average Bonchev–Trinajstić information content (AvgIpc) is 2.79. The molecule has 9 nitrogen and oxygen atoms in total. The fourth-order valence-electron chi connectivity index (χ4n) is 3.43. The predicted octanol–water partition coefficient (Wildman–Crippen LogP) is 0.619. The van der Waals surface area contributed by atoms with Crippen molar-refractivity contribution in [1.29, 1.82) is 0 Å². The molecule has 0 saturated carbocycles. The third kappa shape index (κ3) is 5.99. The van der Waals surface area contributed by atoms with Gasteiger partial charge in [-0.05, 0) is 37.5 Å². The minimum atomic E-state index is -0.915. The molecule has 32 heavy (non-hydrogen) atoms. The van der Waals surface area contributed by atoms with E-state index in [1.807, 2.05) is 13.8 Å². The topological polar surface area (TPSA) is 117 Å². The molecule has 1 aromatic carbocycles. The first-order valence-corrected chi connectivity index (χ1v) is 10.9. The molecule has 3 N–H and O–H groups in total. The van der Waals surface area contributed by atoms with Crippen molar-refractivity contribution in [3.05, 3.63) is 29.8 Å². The zero-order valence-corrected chi connectivity index (χ0v) is 19.6. The maximum atomic E-state index is 13.1. The maximum Gasteiger partial charge on any atom is 0.245 e. The quantitative estimate of drug-likeness (QED) is 0.613. The van der Waals surface area contributed by atoms with Gasteiger partial charge in [-0.1, -0.05) is 32.4 Å². The van der Waals surface area contributed by atoms with E-state index in [0.717, 1.165) is 5.56 Å². The van der Waals surface area contributed by atoms with E-state index in [9.17, 15) is 19.2 Å². The van der Waals surface area contributed by atoms with Gasteiger partial charge in [0.1, 0.15) is 29.9 Å². The van der Waals surface area contributed by atoms with E-state index in [1.165, 1.54) is 11.9 Å². The van der Waals surface area contributed by atoms with Gasteiger partial charge in [0.05, 0.1) is 7.11 Å². The lowest BCUT2D eigenvalue weighted by Gasteiger charge is -2.33. The number of amides is 4. The highest BCUT2D eigenvalue weighted by Gasteiger charge is 2.36. The summed E-state index contributed by atoms with van der Waals surface area (Å²) in [7, 11) is 3.09. The minimum absolute atomic E-state index is 0.141. The highest BCUT2D eigenvalue weighted by atomic mass is 16.5. The molecule has 0 aromatic heterocycles. The summed E-state index contributed by atoms with van der Waals surface area (Å²) >= 11 is 0. The van der Waals surface area contributed by atoms with E-state index >= 15 is 0 Å². The number of nitrogens with zero attached hydrogens (tertiary/aromatic N) is 1. The summed E-state index contributed by atoms with van der Waals surface area (Å²) in [6.45, 7) is 6.93. The molecule has 9 heteroatoms. The Morgan fingerprint density at radius 3 is 2.16 bits per heavy atom. The Labute approximate surface area is 189 Å². The number of rotatable bonds is 5. The number of carbonyl (C=O) groups excluding carboxylic acids is 4. The van der Waals surface area contributed by atoms with E-state index in [1.54, 1.807) is 45.2 Å². The molecule has 1 saturated heterocycles. The molecule has 1 fully saturated rings. The first-order valence-electron chi connectivity index (χ1n) is 10.9. The monoisotopic (exact) mass is 446 g/mol. The molecule has 1 aromatic rings. The van der Waals surface area contributed by atoms with Crippen molar-refractivity contribution in [3.8, 4) is 5.75 Å². The van der Waals surface area contributed by atoms with Crippen LogP contribution in [0.1, 0.15) is 39.7 Å². The largest absolute Gasteiger partial charge is 0.497 e. The van der Waals surface area contributed by atoms with Crippen LogP contribution in [0.25, 0.3) is 0 Å². The van der Waals surface area contributed by atoms with Gasteiger partial charge >= 0.3 is 0 Å². The minimum Gasteiger partial charge on any atom is -0.497 e. The zero-order valence-electron chi connectivity index (χ0n) is 19.6. The van der Waals surface area contributed by atoms with Gasteiger partial charge in [0.2, 0.25) is 23.6 Å². The van der Waals surface area contributed by atoms with Crippen molar-refractivity contribution in [2.24, 2.45) is 5.92 Å². The van der Waals surface area contributed by atoms with Gasteiger partial charge < -0.3 is 25.6 Å². The molecule has 0 bridgehead atoms. The zero-order chi connectivity index (χ0) is 24.0. The summed E-state index contributed by atoms with van der Waals surface area (Å²) in [6.07, 6.45) is 0.881. The van der Waals surface area contributed by atoms with Crippen LogP contribution >= 0.6 is 0 Å². The lowest BCUT2D eigenvalue weighted by Crippen LogP contribution is -2.62. The lowest BCUT2D eigenvalue weighted by atomic mass is 9.96. The van der Waals surface area contributed by atoms with Gasteiger partial charge in [0, 0.05) is 13.5 Å². The fourth-order valence-corrected chi connectivity index (χ4v) is 3.43. The molecule has 176 valence electrons. The van der Waals surface area contributed by atoms with Gasteiger partial charge in [-0.3, -0.25) is 19.2 Å². The van der Waals surface area contributed by atoms with E-state index in [0.29, 0.717) is 12.2 Å². The summed E-state index contributed by atoms with van der Waals surface area (Å²) in [6, 6.07) is 3.74. The number of hydrogen-bond acceptors (Lipinski definition) is 5. The molecule has 0 radical (unpaired) electrons. The van der Waals surface area contributed by atoms with Crippen LogP contribution in [0.5, 0.6) is 5.75 Å². The van der Waals surface area contributed by atoms with Crippen molar-refractivity contribution < 1.29 is 23.9 Å². The van der Waals surface area contributed by atoms with E-state index in [4.69, 9.17) is 4.74 Å². The number of nitrogens with one attached hydrogen (secondary N) is 3. The molecular formula is C23H34N4O5. The Morgan fingerprint density at radius 1 is 0.969 bits per heavy atom. The summed E-state index contributed by atoms with van der Waals surface area (Å²) in [5.41, 5.74) is 0.810. The van der Waals surface area contributed by atoms with Gasteiger partial charge in [0.25, 0.3) is 0 Å². The summed E-state index contributed by atoms with van der Waals surface area (Å²) in [5.74, 6) is -1.18. The van der Waals surface area contributed by atoms with E-state index < -0.39 is 41.9 Å². The average molecular weight is 447 g/mol. The summed E-state index contributed by atoms with van der Waals surface area (Å²) in [4.78, 5) is 53.1. The molecule has 4 amide bonds. The van der Waals surface area contributed by atoms with Gasteiger partial charge in [-0.15, -0.1) is 0 Å². The van der Waals surface area contributed by atoms with E-state index in [-0.39, 0.29) is 18.2 Å². The highest BCUT2D eigenvalue weighted by molar-refractivity contribution is 5.97. The second-order valence-corrected chi connectivity index (χ2v) is 8.34. The predicted molar refractivity (Wildman–Crippen MR) is 120 cm³/mol. The van der Waals surface area contributed by atoms with Gasteiger partial charge in [-0.2, -0.15) is 0 Å². The van der Waals surface area contributed by atoms with Crippen LogP contribution in [0.3, 0.4) is 0 Å². The number of carbonyl (C=O) groups is 4. The smallest absolute Gasteiger partial charge is 0.245 e. The number of hydrogen-bond donors (Lipinski definition) is 3. The second kappa shape index (κ2) is 11.0. The Bertz CT molecular complexity index is 841. The Morgan fingerprint density at radius 2 is 1.59 bits per heavy atom. The van der Waals surface area contributed by atoms with Crippen LogP contribution in [0.4, 0.5) is 0 Å². The Balaban J connectivity index is 2.33. The Kier molecular flexibility index (Phi) is 8.63. The third-order valence-electron chi connectivity index (χ3n) is 6.07. The van der Waals surface area contributed by atoms with Crippen LogP contribution in [0, 0.1) is 5.92 Å². The molecule has 0 spiro atoms. The SMILES string of the molecule is CC[C@H](C)[C@@H]1NC(=O)[C@H](C)NC(=O)[C@H](Cc2ccc(OC)cc2)NC(=O)[C@H](C)N(C)C1=O. The maximum absolute atomic E-state index is 13.1. The second-order valence-electron chi connectivity index (χ2n) is 8.34. The normalized spacial score (nSPS) is 26.2. The van der Waals surface area contributed by atoms with Crippen molar-refractivity contribution in [3.63, 3.8) is 0 Å². The fraction of sp³-hybridized carbons (Fsp3) is 0.565. The van der Waals surface area contributed by atoms with Crippen molar-refractivity contribution in [2.75, 3.05) is 14.2 Å². The number of benzene rings is 1. The van der Waals surface area contributed by atoms with Crippen molar-refractivity contribution >= 4 is 23.6 Å². The van der Waals surface area contributed by atoms with E-state index in [2.05, 4.69) is 16.0 Å². The van der Waals surface area contributed by atoms with Crippen molar-refractivity contribution in [1.82, 2.24) is 20.9 Å². The number of ether oxygens (including phenoxy) is 1. The Hall–Kier alpha value is -3.10. The molecule has 1 aliphatic rings. The molecule has 2 rings (SSSR count). The van der Waals surface area contributed by atoms with Crippen LogP contribution < -0.4 is 20.7 Å². The van der Waals surface area contributed by atoms with Crippen LogP contribution in [-0.4, -0.2) is 66.9 Å². The first kappa shape index (κ1) is 25.2. The first-order chi connectivity index (χ1) is 15.1. The summed E-state index contributed by atoms with van der Waals surface area (Å²) < 4.78 is 5.15. The summed E-state index contributed by atoms with van der Waals surface area (Å²) in [5, 5.41) is 8.17. The molecule has 0 aliphatic carbocycles. The third-order valence-corrected chi connectivity index (χ3v) is 6.07. The molecule has 1 heterocycles. The van der Waals surface area contributed by atoms with Crippen molar-refractivity contribution in [2.45, 2.75) is 64.7 Å². The van der Waals surface area contributed by atoms with Gasteiger partial charge in [-0.25, -0.2) is 0 Å². The van der Waals surface area contributed by atoms with Gasteiger partial charge in [0.15, 0.2) is 0 Å². The molecular weight excluding hydrogens is 412 g/mol. The highest BCUT2D eigenvalue weighted by Crippen LogP contribution is 2.15. The van der Waals surface area contributed by atoms with Crippen LogP contribution in [-0.2, 0) is 25.6 Å². The standard InChI is InChI=1S/C23H34N4O5/c1-7-13(2)19-23(31)27(5)15(4)21(29)25-18(22(30)24-14(3)20(28)26-19)12-16-8-10-17(32-6)11-9-16/h8-11,13-15,18-19H,7,12H2,1-6H3,(H,24,30)(H,25,29)(H,26,28)/t13-,14-,15-,18-,19-/m0/s1. The molecule has 5 atom stereocenters. The number of methoxy groups -OCH3 is 1. The molecule has 0 unspecified atom stereocenters.